The zero-order valence-corrected chi connectivity index (χ0v) is 11.7. The van der Waals surface area contributed by atoms with E-state index < -0.39 is 12.1 Å². The molecule has 0 saturated heterocycles. The molecule has 0 spiro atoms. The lowest BCUT2D eigenvalue weighted by atomic mass is 10.2. The second-order valence-electron chi connectivity index (χ2n) is 4.43. The molecule has 0 fully saturated rings. The van der Waals surface area contributed by atoms with E-state index in [1.165, 1.54) is 0 Å². The highest BCUT2D eigenvalue weighted by atomic mass is 16.5. The van der Waals surface area contributed by atoms with Gasteiger partial charge < -0.3 is 25.9 Å². The zero-order chi connectivity index (χ0) is 15.5. The molecular formula is C14H20N4O3. The smallest absolute Gasteiger partial charge is 0.408 e. The predicted octanol–water partition coefficient (Wildman–Crippen LogP) is 0.744. The Bertz CT molecular complexity index is 465. The molecule has 21 heavy (non-hydrogen) atoms. The van der Waals surface area contributed by atoms with Gasteiger partial charge in [0.25, 0.3) is 0 Å². The second kappa shape index (κ2) is 9.35. The van der Waals surface area contributed by atoms with Gasteiger partial charge in [-0.3, -0.25) is 5.41 Å². The highest BCUT2D eigenvalue weighted by Gasteiger charge is 2.11. The van der Waals surface area contributed by atoms with Gasteiger partial charge in [0.15, 0.2) is 5.96 Å². The van der Waals surface area contributed by atoms with Crippen LogP contribution in [-0.2, 0) is 16.1 Å². The van der Waals surface area contributed by atoms with Gasteiger partial charge in [-0.25, -0.2) is 4.79 Å². The first-order valence-corrected chi connectivity index (χ1v) is 6.62. The molecule has 0 radical (unpaired) electrons. The van der Waals surface area contributed by atoms with Crippen molar-refractivity contribution in [2.45, 2.75) is 25.5 Å². The van der Waals surface area contributed by atoms with Gasteiger partial charge in [0, 0.05) is 6.54 Å². The summed E-state index contributed by atoms with van der Waals surface area (Å²) in [5.74, 6) is -0.118. The number of nitrogens with two attached hydrogens (primary N) is 1. The van der Waals surface area contributed by atoms with Crippen LogP contribution in [0.4, 0.5) is 4.79 Å². The quantitative estimate of drug-likeness (QED) is 0.244. The lowest BCUT2D eigenvalue weighted by Crippen LogP contribution is -2.37. The Morgan fingerprint density at radius 3 is 2.71 bits per heavy atom. The van der Waals surface area contributed by atoms with Crippen LogP contribution in [0.1, 0.15) is 18.4 Å². The summed E-state index contributed by atoms with van der Waals surface area (Å²) in [7, 11) is 0. The SMILES string of the molecule is N=C(N)NCCC[C@@H](C=O)NC(=O)OCc1ccccc1. The van der Waals surface area contributed by atoms with Crippen LogP contribution in [0.2, 0.25) is 0 Å². The summed E-state index contributed by atoms with van der Waals surface area (Å²) >= 11 is 0. The maximum Gasteiger partial charge on any atom is 0.408 e. The normalized spacial score (nSPS) is 11.2. The lowest BCUT2D eigenvalue weighted by Gasteiger charge is -2.13. The van der Waals surface area contributed by atoms with E-state index in [-0.39, 0.29) is 12.6 Å². The second-order valence-corrected chi connectivity index (χ2v) is 4.43. The van der Waals surface area contributed by atoms with Crippen LogP contribution in [0.5, 0.6) is 0 Å². The minimum atomic E-state index is -0.629. The van der Waals surface area contributed by atoms with Gasteiger partial charge in [0.05, 0.1) is 6.04 Å². The van der Waals surface area contributed by atoms with Crippen molar-refractivity contribution in [3.05, 3.63) is 35.9 Å². The molecule has 0 aliphatic carbocycles. The van der Waals surface area contributed by atoms with E-state index in [9.17, 15) is 9.59 Å². The van der Waals surface area contributed by atoms with Gasteiger partial charge in [0.2, 0.25) is 0 Å². The topological polar surface area (TPSA) is 117 Å². The number of guanidine groups is 1. The van der Waals surface area contributed by atoms with Crippen molar-refractivity contribution < 1.29 is 14.3 Å². The van der Waals surface area contributed by atoms with E-state index in [1.54, 1.807) is 0 Å². The molecule has 1 atom stereocenters. The van der Waals surface area contributed by atoms with Crippen LogP contribution in [0.25, 0.3) is 0 Å². The molecule has 7 nitrogen and oxygen atoms in total. The molecule has 1 amide bonds. The molecule has 5 N–H and O–H groups in total. The number of alkyl carbamates (subject to hydrolysis) is 1. The summed E-state index contributed by atoms with van der Waals surface area (Å²) < 4.78 is 5.03. The third-order valence-electron chi connectivity index (χ3n) is 2.69. The number of ether oxygens (including phenoxy) is 1. The molecule has 0 bridgehead atoms. The maximum atomic E-state index is 11.6. The van der Waals surface area contributed by atoms with Crippen LogP contribution in [0, 0.1) is 5.41 Å². The van der Waals surface area contributed by atoms with Crippen molar-refractivity contribution >= 4 is 18.3 Å². The number of hydrogen-bond acceptors (Lipinski definition) is 4. The summed E-state index contributed by atoms with van der Waals surface area (Å²) in [6.07, 6.45) is 1.08. The number of amides is 1. The van der Waals surface area contributed by atoms with Crippen LogP contribution in [0.3, 0.4) is 0 Å². The fourth-order valence-corrected chi connectivity index (χ4v) is 1.64. The van der Waals surface area contributed by atoms with Crippen molar-refractivity contribution in [1.82, 2.24) is 10.6 Å². The Kier molecular flexibility index (Phi) is 7.34. The largest absolute Gasteiger partial charge is 0.445 e. The van der Waals surface area contributed by atoms with Gasteiger partial charge >= 0.3 is 6.09 Å². The van der Waals surface area contributed by atoms with Crippen molar-refractivity contribution in [1.29, 1.82) is 5.41 Å². The first-order valence-electron chi connectivity index (χ1n) is 6.62. The minimum absolute atomic E-state index is 0.118. The number of carbonyl (C=O) groups excluding carboxylic acids is 2. The van der Waals surface area contributed by atoms with Gasteiger partial charge in [-0.15, -0.1) is 0 Å². The van der Waals surface area contributed by atoms with Gasteiger partial charge in [-0.05, 0) is 18.4 Å². The number of hydrogen-bond donors (Lipinski definition) is 4. The molecule has 0 aromatic heterocycles. The van der Waals surface area contributed by atoms with Crippen LogP contribution < -0.4 is 16.4 Å². The fourth-order valence-electron chi connectivity index (χ4n) is 1.64. The number of benzene rings is 1. The molecule has 1 rings (SSSR count). The molecule has 0 unspecified atom stereocenters. The third-order valence-corrected chi connectivity index (χ3v) is 2.69. The highest BCUT2D eigenvalue weighted by molar-refractivity contribution is 5.74. The van der Waals surface area contributed by atoms with Crippen molar-refractivity contribution in [3.8, 4) is 0 Å². The molecule has 7 heteroatoms. The molecule has 1 aromatic carbocycles. The molecule has 114 valence electrons. The Morgan fingerprint density at radius 1 is 1.38 bits per heavy atom. The number of nitrogens with one attached hydrogen (secondary N) is 3. The van der Waals surface area contributed by atoms with E-state index in [2.05, 4.69) is 10.6 Å². The van der Waals surface area contributed by atoms with E-state index in [0.29, 0.717) is 25.7 Å². The minimum Gasteiger partial charge on any atom is -0.445 e. The van der Waals surface area contributed by atoms with Crippen molar-refractivity contribution in [2.24, 2.45) is 5.73 Å². The summed E-state index contributed by atoms with van der Waals surface area (Å²) in [4.78, 5) is 22.4. The standard InChI is InChI=1S/C14H20N4O3/c15-13(16)17-8-4-7-12(9-19)18-14(20)21-10-11-5-2-1-3-6-11/h1-3,5-6,9,12H,4,7-8,10H2,(H,18,20)(H4,15,16,17)/t12-/m0/s1. The van der Waals surface area contributed by atoms with E-state index in [4.69, 9.17) is 15.9 Å². The number of carbonyl (C=O) groups is 2. The molecule has 0 heterocycles. The van der Waals surface area contributed by atoms with E-state index in [1.807, 2.05) is 30.3 Å². The average molecular weight is 292 g/mol. The van der Waals surface area contributed by atoms with Gasteiger partial charge in [0.1, 0.15) is 12.9 Å². The highest BCUT2D eigenvalue weighted by Crippen LogP contribution is 2.01. The Balaban J connectivity index is 2.24. The van der Waals surface area contributed by atoms with Gasteiger partial charge in [-0.2, -0.15) is 0 Å². The van der Waals surface area contributed by atoms with E-state index in [0.717, 1.165) is 5.56 Å². The average Bonchev–Trinajstić information content (AvgIpc) is 2.49. The van der Waals surface area contributed by atoms with Gasteiger partial charge in [-0.1, -0.05) is 30.3 Å². The predicted molar refractivity (Wildman–Crippen MR) is 78.8 cm³/mol. The first kappa shape index (κ1) is 16.5. The van der Waals surface area contributed by atoms with Crippen LogP contribution in [0.15, 0.2) is 30.3 Å². The molecule has 0 aliphatic heterocycles. The van der Waals surface area contributed by atoms with Crippen LogP contribution >= 0.6 is 0 Å². The van der Waals surface area contributed by atoms with Crippen LogP contribution in [-0.4, -0.2) is 30.9 Å². The summed E-state index contributed by atoms with van der Waals surface area (Å²) in [6.45, 7) is 0.630. The van der Waals surface area contributed by atoms with Crippen molar-refractivity contribution in [3.63, 3.8) is 0 Å². The lowest BCUT2D eigenvalue weighted by molar-refractivity contribution is -0.109. The summed E-state index contributed by atoms with van der Waals surface area (Å²) in [5, 5.41) is 12.1. The summed E-state index contributed by atoms with van der Waals surface area (Å²) in [6, 6.07) is 8.67. The Hall–Kier alpha value is -2.57. The van der Waals surface area contributed by atoms with E-state index >= 15 is 0 Å². The Labute approximate surface area is 123 Å². The number of rotatable bonds is 8. The first-order chi connectivity index (χ1) is 10.1. The monoisotopic (exact) mass is 292 g/mol. The third kappa shape index (κ3) is 7.56. The maximum absolute atomic E-state index is 11.6. The Morgan fingerprint density at radius 2 is 2.10 bits per heavy atom. The molecular weight excluding hydrogens is 272 g/mol. The molecule has 1 aromatic rings. The zero-order valence-electron chi connectivity index (χ0n) is 11.7. The van der Waals surface area contributed by atoms with Crippen molar-refractivity contribution in [2.75, 3.05) is 6.54 Å². The molecule has 0 aliphatic rings. The fraction of sp³-hybridized carbons (Fsp3) is 0.357. The number of aldehydes is 1. The summed E-state index contributed by atoms with van der Waals surface area (Å²) in [5.41, 5.74) is 6.01. The molecule has 0 saturated carbocycles.